The fraction of sp³-hybridized carbons (Fsp3) is 0.429. The van der Waals surface area contributed by atoms with Crippen LogP contribution in [0.15, 0.2) is 23.8 Å². The van der Waals surface area contributed by atoms with Crippen molar-refractivity contribution >= 4 is 29.0 Å². The fourth-order valence-electron chi connectivity index (χ4n) is 2.39. The molecule has 0 aliphatic carbocycles. The molecule has 2 aromatic rings. The molecular formula is C14H17N3OS2. The fourth-order valence-corrected chi connectivity index (χ4v) is 4.80. The van der Waals surface area contributed by atoms with E-state index in [2.05, 4.69) is 16.4 Å². The summed E-state index contributed by atoms with van der Waals surface area (Å²) in [6.45, 7) is 0.554. The highest BCUT2D eigenvalue weighted by atomic mass is 32.2. The average molecular weight is 307 g/mol. The third kappa shape index (κ3) is 2.50. The summed E-state index contributed by atoms with van der Waals surface area (Å²) >= 11 is 3.52. The largest absolute Gasteiger partial charge is 0.337 e. The number of hydrogen-bond donors (Lipinski definition) is 0. The Morgan fingerprint density at radius 2 is 2.45 bits per heavy atom. The number of likely N-dealkylation sites (N-methyl/N-ethyl adjacent to an activating group) is 1. The van der Waals surface area contributed by atoms with Gasteiger partial charge in [0.25, 0.3) is 0 Å². The minimum Gasteiger partial charge on any atom is -0.337 e. The number of rotatable bonds is 3. The maximum Gasteiger partial charge on any atom is 0.240 e. The molecule has 2 aromatic heterocycles. The molecule has 0 radical (unpaired) electrons. The van der Waals surface area contributed by atoms with Gasteiger partial charge in [-0.25, -0.2) is 4.98 Å². The van der Waals surface area contributed by atoms with Gasteiger partial charge in [0.2, 0.25) is 5.91 Å². The second-order valence-electron chi connectivity index (χ2n) is 4.95. The van der Waals surface area contributed by atoms with E-state index in [1.165, 1.54) is 10.4 Å². The predicted molar refractivity (Wildman–Crippen MR) is 82.9 cm³/mol. The molecule has 0 unspecified atom stereocenters. The lowest BCUT2D eigenvalue weighted by molar-refractivity contribution is -0.130. The van der Waals surface area contributed by atoms with E-state index in [-0.39, 0.29) is 11.2 Å². The number of imidazole rings is 1. The number of hydrogen-bond acceptors (Lipinski definition) is 4. The van der Waals surface area contributed by atoms with E-state index in [0.29, 0.717) is 6.54 Å². The van der Waals surface area contributed by atoms with Gasteiger partial charge < -0.3 is 9.47 Å². The Bertz CT molecular complexity index is 619. The van der Waals surface area contributed by atoms with Crippen LogP contribution in [0.25, 0.3) is 0 Å². The second kappa shape index (κ2) is 5.61. The van der Waals surface area contributed by atoms with Crippen molar-refractivity contribution in [2.24, 2.45) is 7.05 Å². The zero-order valence-corrected chi connectivity index (χ0v) is 13.2. The summed E-state index contributed by atoms with van der Waals surface area (Å²) in [7, 11) is 3.81. The lowest BCUT2D eigenvalue weighted by atomic mass is 10.1. The minimum absolute atomic E-state index is 0.0460. The molecule has 1 amide bonds. The number of carbonyl (C=O) groups is 1. The van der Waals surface area contributed by atoms with Gasteiger partial charge in [0.15, 0.2) is 0 Å². The van der Waals surface area contributed by atoms with Gasteiger partial charge >= 0.3 is 0 Å². The van der Waals surface area contributed by atoms with Crippen LogP contribution in [0.4, 0.5) is 0 Å². The molecular weight excluding hydrogens is 290 g/mol. The lowest BCUT2D eigenvalue weighted by Gasteiger charge is -2.26. The normalized spacial score (nSPS) is 17.8. The Morgan fingerprint density at radius 3 is 3.20 bits per heavy atom. The van der Waals surface area contributed by atoms with Crippen molar-refractivity contribution in [3.05, 3.63) is 40.1 Å². The number of aryl methyl sites for hydroxylation is 2. The molecule has 4 nitrogen and oxygen atoms in total. The Balaban J connectivity index is 1.75. The van der Waals surface area contributed by atoms with Gasteiger partial charge in [-0.1, -0.05) is 0 Å². The molecule has 0 aromatic carbocycles. The summed E-state index contributed by atoms with van der Waals surface area (Å²) in [6.07, 6.45) is 4.75. The number of amides is 1. The number of carbonyl (C=O) groups excluding carboxylic acids is 1. The molecule has 0 saturated carbocycles. The van der Waals surface area contributed by atoms with E-state index < -0.39 is 0 Å². The maximum absolute atomic E-state index is 12.7. The highest BCUT2D eigenvalue weighted by molar-refractivity contribution is 8.00. The first kappa shape index (κ1) is 13.7. The van der Waals surface area contributed by atoms with Crippen molar-refractivity contribution in [3.8, 4) is 0 Å². The Labute approximate surface area is 126 Å². The van der Waals surface area contributed by atoms with E-state index >= 15 is 0 Å². The van der Waals surface area contributed by atoms with Crippen LogP contribution in [-0.4, -0.2) is 33.2 Å². The van der Waals surface area contributed by atoms with Crippen molar-refractivity contribution < 1.29 is 4.79 Å². The van der Waals surface area contributed by atoms with Gasteiger partial charge in [-0.05, 0) is 29.2 Å². The number of fused-ring (bicyclic) bond motifs is 1. The Kier molecular flexibility index (Phi) is 3.85. The third-order valence-corrected chi connectivity index (χ3v) is 5.80. The molecule has 1 aliphatic rings. The van der Waals surface area contributed by atoms with E-state index in [9.17, 15) is 4.79 Å². The van der Waals surface area contributed by atoms with E-state index in [4.69, 9.17) is 0 Å². The maximum atomic E-state index is 12.7. The zero-order chi connectivity index (χ0) is 14.1. The molecule has 0 spiro atoms. The standard InChI is InChI=1S/C14H17N3OS2/c1-16-6-5-15-12(16)9-17(2)14(18)13-10-3-7-19-11(10)4-8-20-13/h3,5-7,13H,4,8-9H2,1-2H3/t13-/m0/s1. The van der Waals surface area contributed by atoms with E-state index in [1.807, 2.05) is 24.9 Å². The number of nitrogens with zero attached hydrogens (tertiary/aromatic N) is 3. The van der Waals surface area contributed by atoms with Gasteiger partial charge in [0.05, 0.1) is 6.54 Å². The monoisotopic (exact) mass is 307 g/mol. The zero-order valence-electron chi connectivity index (χ0n) is 11.6. The van der Waals surface area contributed by atoms with E-state index in [0.717, 1.165) is 18.0 Å². The number of aromatic nitrogens is 2. The molecule has 0 N–H and O–H groups in total. The predicted octanol–water partition coefficient (Wildman–Crippen LogP) is 2.47. The summed E-state index contributed by atoms with van der Waals surface area (Å²) in [5.41, 5.74) is 1.21. The molecule has 106 valence electrons. The first-order valence-electron chi connectivity index (χ1n) is 6.56. The molecule has 20 heavy (non-hydrogen) atoms. The summed E-state index contributed by atoms with van der Waals surface area (Å²) < 4.78 is 1.95. The summed E-state index contributed by atoms with van der Waals surface area (Å²) in [6, 6.07) is 2.10. The molecule has 3 heterocycles. The van der Waals surface area contributed by atoms with Crippen LogP contribution < -0.4 is 0 Å². The van der Waals surface area contributed by atoms with Crippen LogP contribution in [0.5, 0.6) is 0 Å². The first-order chi connectivity index (χ1) is 9.66. The number of thiophene rings is 1. The molecule has 0 bridgehead atoms. The van der Waals surface area contributed by atoms with Crippen LogP contribution in [-0.2, 0) is 24.8 Å². The van der Waals surface area contributed by atoms with Gasteiger partial charge in [-0.15, -0.1) is 23.1 Å². The van der Waals surface area contributed by atoms with Gasteiger partial charge in [-0.2, -0.15) is 0 Å². The molecule has 1 aliphatic heterocycles. The first-order valence-corrected chi connectivity index (χ1v) is 8.48. The molecule has 6 heteroatoms. The summed E-state index contributed by atoms with van der Waals surface area (Å²) in [5, 5.41) is 2.05. The highest BCUT2D eigenvalue weighted by Crippen LogP contribution is 2.40. The van der Waals surface area contributed by atoms with Crippen LogP contribution in [0.2, 0.25) is 0 Å². The SMILES string of the molecule is CN(Cc1nccn1C)C(=O)[C@H]1SCCc2sccc21. The van der Waals surface area contributed by atoms with Crippen molar-refractivity contribution in [1.82, 2.24) is 14.5 Å². The molecule has 0 fully saturated rings. The van der Waals surface area contributed by atoms with Crippen molar-refractivity contribution in [1.29, 1.82) is 0 Å². The van der Waals surface area contributed by atoms with Gasteiger partial charge in [0, 0.05) is 31.4 Å². The number of thioether (sulfide) groups is 1. The van der Waals surface area contributed by atoms with Gasteiger partial charge in [0.1, 0.15) is 11.1 Å². The van der Waals surface area contributed by atoms with Crippen LogP contribution in [0, 0.1) is 0 Å². The van der Waals surface area contributed by atoms with Crippen molar-refractivity contribution in [3.63, 3.8) is 0 Å². The molecule has 1 atom stereocenters. The van der Waals surface area contributed by atoms with E-state index in [1.54, 1.807) is 34.2 Å². The summed E-state index contributed by atoms with van der Waals surface area (Å²) in [4.78, 5) is 20.1. The Morgan fingerprint density at radius 1 is 1.60 bits per heavy atom. The average Bonchev–Trinajstić information content (AvgIpc) is 3.07. The third-order valence-electron chi connectivity index (χ3n) is 3.58. The van der Waals surface area contributed by atoms with Crippen molar-refractivity contribution in [2.45, 2.75) is 18.2 Å². The lowest BCUT2D eigenvalue weighted by Crippen LogP contribution is -2.32. The Hall–Kier alpha value is -1.27. The summed E-state index contributed by atoms with van der Waals surface area (Å²) in [5.74, 6) is 2.12. The smallest absolute Gasteiger partial charge is 0.240 e. The minimum atomic E-state index is -0.0460. The topological polar surface area (TPSA) is 38.1 Å². The van der Waals surface area contributed by atoms with Crippen LogP contribution in [0.3, 0.4) is 0 Å². The second-order valence-corrected chi connectivity index (χ2v) is 7.16. The highest BCUT2D eigenvalue weighted by Gasteiger charge is 2.30. The van der Waals surface area contributed by atoms with Crippen LogP contribution in [0.1, 0.15) is 21.5 Å². The van der Waals surface area contributed by atoms with Crippen molar-refractivity contribution in [2.75, 3.05) is 12.8 Å². The van der Waals surface area contributed by atoms with Crippen LogP contribution >= 0.6 is 23.1 Å². The molecule has 3 rings (SSSR count). The van der Waals surface area contributed by atoms with Gasteiger partial charge in [-0.3, -0.25) is 4.79 Å². The quantitative estimate of drug-likeness (QED) is 0.874. The molecule has 0 saturated heterocycles.